The second-order valence-corrected chi connectivity index (χ2v) is 5.23. The van der Waals surface area contributed by atoms with Crippen LogP contribution in [0.5, 0.6) is 5.75 Å². The molecule has 104 valence electrons. The average Bonchev–Trinajstić information content (AvgIpc) is 2.86. The van der Waals surface area contributed by atoms with Crippen LogP contribution in [0.2, 0.25) is 5.02 Å². The Labute approximate surface area is 117 Å². The summed E-state index contributed by atoms with van der Waals surface area (Å²) in [6.07, 6.45) is 3.70. The molecule has 0 bridgehead atoms. The number of carbonyl (C=O) groups excluding carboxylic acids is 1. The first-order valence-electron chi connectivity index (χ1n) is 6.48. The van der Waals surface area contributed by atoms with Crippen LogP contribution in [0.3, 0.4) is 0 Å². The zero-order chi connectivity index (χ0) is 13.8. The van der Waals surface area contributed by atoms with Crippen molar-refractivity contribution in [2.75, 3.05) is 0 Å². The van der Waals surface area contributed by atoms with E-state index >= 15 is 0 Å². The molecule has 1 aliphatic carbocycles. The highest BCUT2D eigenvalue weighted by atomic mass is 35.5. The van der Waals surface area contributed by atoms with Gasteiger partial charge in [0.1, 0.15) is 11.6 Å². The molecular formula is C14H17ClFNO2. The molecule has 1 amide bonds. The molecule has 1 aromatic carbocycles. The summed E-state index contributed by atoms with van der Waals surface area (Å²) in [6, 6.07) is 4.39. The van der Waals surface area contributed by atoms with E-state index < -0.39 is 11.9 Å². The van der Waals surface area contributed by atoms with Crippen molar-refractivity contribution in [2.45, 2.75) is 44.8 Å². The van der Waals surface area contributed by atoms with Crippen LogP contribution in [-0.2, 0) is 4.79 Å². The van der Waals surface area contributed by atoms with Crippen LogP contribution in [-0.4, -0.2) is 18.1 Å². The number of carbonyl (C=O) groups is 1. The standard InChI is InChI=1S/C14H17ClFNO2/c1-9(14(18)17-10-4-2-3-5-10)19-11-6-7-12(15)13(16)8-11/h6-10H,2-5H2,1H3,(H,17,18). The van der Waals surface area contributed by atoms with Gasteiger partial charge in [0, 0.05) is 12.1 Å². The zero-order valence-corrected chi connectivity index (χ0v) is 11.5. The van der Waals surface area contributed by atoms with Gasteiger partial charge in [-0.05, 0) is 31.9 Å². The van der Waals surface area contributed by atoms with Crippen molar-refractivity contribution in [3.63, 3.8) is 0 Å². The maximum Gasteiger partial charge on any atom is 0.260 e. The molecule has 1 unspecified atom stereocenters. The molecule has 19 heavy (non-hydrogen) atoms. The normalized spacial score (nSPS) is 17.2. The van der Waals surface area contributed by atoms with Crippen molar-refractivity contribution in [3.05, 3.63) is 29.0 Å². The fourth-order valence-electron chi connectivity index (χ4n) is 2.20. The molecule has 0 radical (unpaired) electrons. The first-order valence-corrected chi connectivity index (χ1v) is 6.86. The third kappa shape index (κ3) is 3.83. The summed E-state index contributed by atoms with van der Waals surface area (Å²) in [5.41, 5.74) is 0. The Morgan fingerprint density at radius 3 is 2.79 bits per heavy atom. The predicted octanol–water partition coefficient (Wildman–Crippen LogP) is 3.31. The highest BCUT2D eigenvalue weighted by Gasteiger charge is 2.21. The Morgan fingerprint density at radius 1 is 1.47 bits per heavy atom. The van der Waals surface area contributed by atoms with Gasteiger partial charge in [-0.2, -0.15) is 0 Å². The Balaban J connectivity index is 1.90. The van der Waals surface area contributed by atoms with E-state index in [2.05, 4.69) is 5.32 Å². The first kappa shape index (κ1) is 14.1. The lowest BCUT2D eigenvalue weighted by molar-refractivity contribution is -0.127. The number of rotatable bonds is 4. The smallest absolute Gasteiger partial charge is 0.260 e. The van der Waals surface area contributed by atoms with Crippen LogP contribution in [0.25, 0.3) is 0 Å². The Bertz CT molecular complexity index is 461. The number of amides is 1. The number of benzene rings is 1. The quantitative estimate of drug-likeness (QED) is 0.922. The summed E-state index contributed by atoms with van der Waals surface area (Å²) in [7, 11) is 0. The van der Waals surface area contributed by atoms with E-state index in [0.717, 1.165) is 25.7 Å². The van der Waals surface area contributed by atoms with Crippen molar-refractivity contribution >= 4 is 17.5 Å². The van der Waals surface area contributed by atoms with Gasteiger partial charge in [0.2, 0.25) is 0 Å². The highest BCUT2D eigenvalue weighted by Crippen LogP contribution is 2.22. The van der Waals surface area contributed by atoms with Crippen molar-refractivity contribution in [1.82, 2.24) is 5.32 Å². The summed E-state index contributed by atoms with van der Waals surface area (Å²) < 4.78 is 18.7. The predicted molar refractivity (Wildman–Crippen MR) is 71.9 cm³/mol. The fraction of sp³-hybridized carbons (Fsp3) is 0.500. The van der Waals surface area contributed by atoms with Gasteiger partial charge in [-0.3, -0.25) is 4.79 Å². The number of halogens is 2. The number of hydrogen-bond donors (Lipinski definition) is 1. The fourth-order valence-corrected chi connectivity index (χ4v) is 2.31. The minimum Gasteiger partial charge on any atom is -0.481 e. The molecule has 0 aliphatic heterocycles. The summed E-state index contributed by atoms with van der Waals surface area (Å²) >= 11 is 5.58. The number of ether oxygens (including phenoxy) is 1. The second kappa shape index (κ2) is 6.24. The van der Waals surface area contributed by atoms with Gasteiger partial charge in [-0.1, -0.05) is 24.4 Å². The van der Waals surface area contributed by atoms with Gasteiger partial charge in [-0.15, -0.1) is 0 Å². The topological polar surface area (TPSA) is 38.3 Å². The molecule has 1 aliphatic rings. The van der Waals surface area contributed by atoms with E-state index in [1.807, 2.05) is 0 Å². The highest BCUT2D eigenvalue weighted by molar-refractivity contribution is 6.30. The second-order valence-electron chi connectivity index (χ2n) is 4.83. The Kier molecular flexibility index (Phi) is 4.64. The van der Waals surface area contributed by atoms with E-state index in [9.17, 15) is 9.18 Å². The van der Waals surface area contributed by atoms with E-state index in [1.165, 1.54) is 12.1 Å². The number of hydrogen-bond acceptors (Lipinski definition) is 2. The summed E-state index contributed by atoms with van der Waals surface area (Å²) in [4.78, 5) is 11.9. The molecule has 5 heteroatoms. The van der Waals surface area contributed by atoms with Crippen LogP contribution in [0, 0.1) is 5.82 Å². The lowest BCUT2D eigenvalue weighted by Gasteiger charge is -2.18. The maximum absolute atomic E-state index is 13.2. The van der Waals surface area contributed by atoms with E-state index in [0.29, 0.717) is 5.75 Å². The molecule has 0 spiro atoms. The molecule has 1 aromatic rings. The molecular weight excluding hydrogens is 269 g/mol. The molecule has 1 saturated carbocycles. The van der Waals surface area contributed by atoms with Gasteiger partial charge in [0.15, 0.2) is 6.10 Å². The molecule has 0 saturated heterocycles. The first-order chi connectivity index (χ1) is 9.06. The Hall–Kier alpha value is -1.29. The lowest BCUT2D eigenvalue weighted by Crippen LogP contribution is -2.41. The third-order valence-corrected chi connectivity index (χ3v) is 3.58. The average molecular weight is 286 g/mol. The molecule has 1 N–H and O–H groups in total. The van der Waals surface area contributed by atoms with Gasteiger partial charge in [0.05, 0.1) is 5.02 Å². The van der Waals surface area contributed by atoms with Crippen molar-refractivity contribution in [3.8, 4) is 5.75 Å². The molecule has 1 fully saturated rings. The summed E-state index contributed by atoms with van der Waals surface area (Å²) in [5.74, 6) is -0.416. The molecule has 0 aromatic heterocycles. The van der Waals surface area contributed by atoms with Gasteiger partial charge < -0.3 is 10.1 Å². The van der Waals surface area contributed by atoms with E-state index in [-0.39, 0.29) is 17.0 Å². The summed E-state index contributed by atoms with van der Waals surface area (Å²) in [5, 5.41) is 2.98. The van der Waals surface area contributed by atoms with Crippen molar-refractivity contribution < 1.29 is 13.9 Å². The molecule has 0 heterocycles. The van der Waals surface area contributed by atoms with Crippen LogP contribution in [0.1, 0.15) is 32.6 Å². The minimum atomic E-state index is -0.652. The number of nitrogens with one attached hydrogen (secondary N) is 1. The van der Waals surface area contributed by atoms with E-state index in [1.54, 1.807) is 13.0 Å². The van der Waals surface area contributed by atoms with Crippen LogP contribution in [0.15, 0.2) is 18.2 Å². The molecule has 1 atom stereocenters. The third-order valence-electron chi connectivity index (χ3n) is 3.27. The molecule has 3 nitrogen and oxygen atoms in total. The van der Waals surface area contributed by atoms with Crippen LogP contribution >= 0.6 is 11.6 Å². The van der Waals surface area contributed by atoms with Gasteiger partial charge in [-0.25, -0.2) is 4.39 Å². The van der Waals surface area contributed by atoms with Crippen molar-refractivity contribution in [1.29, 1.82) is 0 Å². The maximum atomic E-state index is 13.2. The Morgan fingerprint density at radius 2 is 2.16 bits per heavy atom. The van der Waals surface area contributed by atoms with Crippen molar-refractivity contribution in [2.24, 2.45) is 0 Å². The van der Waals surface area contributed by atoms with Crippen LogP contribution < -0.4 is 10.1 Å². The van der Waals surface area contributed by atoms with Crippen LogP contribution in [0.4, 0.5) is 4.39 Å². The lowest BCUT2D eigenvalue weighted by atomic mass is 10.2. The monoisotopic (exact) mass is 285 g/mol. The zero-order valence-electron chi connectivity index (χ0n) is 10.8. The largest absolute Gasteiger partial charge is 0.481 e. The molecule has 2 rings (SSSR count). The minimum absolute atomic E-state index is 0.0374. The summed E-state index contributed by atoms with van der Waals surface area (Å²) in [6.45, 7) is 1.65. The van der Waals surface area contributed by atoms with Gasteiger partial charge in [0.25, 0.3) is 5.91 Å². The SMILES string of the molecule is CC(Oc1ccc(Cl)c(F)c1)C(=O)NC1CCCC1. The van der Waals surface area contributed by atoms with E-state index in [4.69, 9.17) is 16.3 Å². The van der Waals surface area contributed by atoms with Gasteiger partial charge >= 0.3 is 0 Å².